The Morgan fingerprint density at radius 1 is 0.867 bits per heavy atom. The van der Waals surface area contributed by atoms with Gasteiger partial charge in [0.2, 0.25) is 0 Å². The second-order valence-corrected chi connectivity index (χ2v) is 4.15. The molecule has 0 fully saturated rings. The number of benzene rings is 2. The van der Waals surface area contributed by atoms with Crippen molar-refractivity contribution in [2.45, 2.75) is 6.42 Å². The highest BCUT2D eigenvalue weighted by Crippen LogP contribution is 2.23. The van der Waals surface area contributed by atoms with E-state index in [9.17, 15) is 0 Å². The molecule has 75 valence electrons. The summed E-state index contributed by atoms with van der Waals surface area (Å²) in [5, 5.41) is 1.21. The molecule has 0 heterocycles. The first-order chi connectivity index (χ1) is 7.25. The molecule has 0 unspecified atom stereocenters. The molecule has 2 aromatic carbocycles. The molecule has 0 saturated carbocycles. The van der Waals surface area contributed by atoms with Crippen molar-refractivity contribution in [3.05, 3.63) is 69.7 Å². The highest BCUT2D eigenvalue weighted by Gasteiger charge is 2.00. The molecule has 0 spiro atoms. The summed E-state index contributed by atoms with van der Waals surface area (Å²) in [6, 6.07) is 16.6. The lowest BCUT2D eigenvalue weighted by atomic mass is 10.1. The van der Waals surface area contributed by atoms with E-state index in [4.69, 9.17) is 23.2 Å². The summed E-state index contributed by atoms with van der Waals surface area (Å²) in [6.45, 7) is 0. The molecule has 0 amide bonds. The first-order valence-electron chi connectivity index (χ1n) is 4.64. The molecular formula is C13H9Cl2. The highest BCUT2D eigenvalue weighted by molar-refractivity contribution is 6.42. The third-order valence-corrected chi connectivity index (χ3v) is 2.92. The van der Waals surface area contributed by atoms with E-state index in [-0.39, 0.29) is 0 Å². The van der Waals surface area contributed by atoms with Gasteiger partial charge in [0, 0.05) is 0 Å². The van der Waals surface area contributed by atoms with Gasteiger partial charge in [0.25, 0.3) is 0 Å². The van der Waals surface area contributed by atoms with Crippen molar-refractivity contribution in [2.24, 2.45) is 0 Å². The van der Waals surface area contributed by atoms with Gasteiger partial charge >= 0.3 is 0 Å². The van der Waals surface area contributed by atoms with Crippen LogP contribution < -0.4 is 0 Å². The Balaban J connectivity index is 2.22. The molecule has 1 radical (unpaired) electrons. The molecule has 2 rings (SSSR count). The van der Waals surface area contributed by atoms with Gasteiger partial charge in [-0.05, 0) is 35.7 Å². The van der Waals surface area contributed by atoms with Crippen LogP contribution in [0.1, 0.15) is 11.1 Å². The normalized spacial score (nSPS) is 10.3. The predicted octanol–water partition coefficient (Wildman–Crippen LogP) is 4.38. The van der Waals surface area contributed by atoms with Gasteiger partial charge in [0.05, 0.1) is 10.0 Å². The lowest BCUT2D eigenvalue weighted by Crippen LogP contribution is -1.87. The maximum atomic E-state index is 5.94. The van der Waals surface area contributed by atoms with E-state index in [1.54, 1.807) is 0 Å². The summed E-state index contributed by atoms with van der Waals surface area (Å²) in [4.78, 5) is 0. The van der Waals surface area contributed by atoms with E-state index >= 15 is 0 Å². The van der Waals surface area contributed by atoms with Crippen molar-refractivity contribution in [3.8, 4) is 0 Å². The van der Waals surface area contributed by atoms with Gasteiger partial charge in [-0.25, -0.2) is 0 Å². The van der Waals surface area contributed by atoms with Crippen molar-refractivity contribution in [1.82, 2.24) is 0 Å². The third-order valence-electron chi connectivity index (χ3n) is 2.18. The van der Waals surface area contributed by atoms with E-state index < -0.39 is 0 Å². The standard InChI is InChI=1S/C13H9Cl2/c14-12-7-6-11(9-13(12)15)8-10-4-2-1-3-5-10/h2-7,9H,8H2. The summed E-state index contributed by atoms with van der Waals surface area (Å²) in [5.41, 5.74) is 2.41. The van der Waals surface area contributed by atoms with Crippen LogP contribution in [-0.4, -0.2) is 0 Å². The fourth-order valence-electron chi connectivity index (χ4n) is 1.42. The zero-order chi connectivity index (χ0) is 10.7. The van der Waals surface area contributed by atoms with Crippen molar-refractivity contribution >= 4 is 23.2 Å². The molecule has 0 atom stereocenters. The van der Waals surface area contributed by atoms with Gasteiger partial charge < -0.3 is 0 Å². The van der Waals surface area contributed by atoms with Crippen LogP contribution in [-0.2, 0) is 6.42 Å². The molecule has 15 heavy (non-hydrogen) atoms. The Labute approximate surface area is 99.5 Å². The summed E-state index contributed by atoms with van der Waals surface area (Å²) in [5.74, 6) is 0. The van der Waals surface area contributed by atoms with Gasteiger partial charge in [-0.15, -0.1) is 0 Å². The Morgan fingerprint density at radius 3 is 2.27 bits per heavy atom. The van der Waals surface area contributed by atoms with Crippen LogP contribution in [0.4, 0.5) is 0 Å². The van der Waals surface area contributed by atoms with Gasteiger partial charge in [-0.2, -0.15) is 0 Å². The Kier molecular flexibility index (Phi) is 3.30. The van der Waals surface area contributed by atoms with Crippen molar-refractivity contribution in [3.63, 3.8) is 0 Å². The summed E-state index contributed by atoms with van der Waals surface area (Å²) in [6.07, 6.45) is 0.867. The molecular weight excluding hydrogens is 227 g/mol. The third kappa shape index (κ3) is 2.74. The fraction of sp³-hybridized carbons (Fsp3) is 0.0769. The molecule has 0 saturated heterocycles. The van der Waals surface area contributed by atoms with Crippen LogP contribution in [0, 0.1) is 6.07 Å². The topological polar surface area (TPSA) is 0 Å². The highest BCUT2D eigenvalue weighted by atomic mass is 35.5. The Hall–Kier alpha value is -0.980. The van der Waals surface area contributed by atoms with E-state index in [0.717, 1.165) is 12.0 Å². The van der Waals surface area contributed by atoms with Gasteiger partial charge in [0.1, 0.15) is 0 Å². The minimum absolute atomic E-state index is 0.599. The molecule has 0 aromatic heterocycles. The monoisotopic (exact) mass is 235 g/mol. The quantitative estimate of drug-likeness (QED) is 0.725. The molecule has 0 N–H and O–H groups in total. The van der Waals surface area contributed by atoms with E-state index in [1.807, 2.05) is 42.5 Å². The summed E-state index contributed by atoms with van der Waals surface area (Å²) >= 11 is 11.8. The number of rotatable bonds is 2. The smallest absolute Gasteiger partial charge is 0.0595 e. The zero-order valence-corrected chi connectivity index (χ0v) is 9.52. The molecule has 2 aromatic rings. The van der Waals surface area contributed by atoms with Gasteiger partial charge in [0.15, 0.2) is 0 Å². The van der Waals surface area contributed by atoms with Crippen LogP contribution in [0.5, 0.6) is 0 Å². The maximum absolute atomic E-state index is 5.94. The van der Waals surface area contributed by atoms with Crippen LogP contribution in [0.2, 0.25) is 10.0 Å². The lowest BCUT2D eigenvalue weighted by molar-refractivity contribution is 1.19. The van der Waals surface area contributed by atoms with Crippen LogP contribution in [0.3, 0.4) is 0 Å². The van der Waals surface area contributed by atoms with E-state index in [1.165, 1.54) is 5.56 Å². The number of halogens is 2. The summed E-state index contributed by atoms with van der Waals surface area (Å²) in [7, 11) is 0. The fourth-order valence-corrected chi connectivity index (χ4v) is 1.75. The Morgan fingerprint density at radius 2 is 1.60 bits per heavy atom. The van der Waals surface area contributed by atoms with E-state index in [2.05, 4.69) is 6.07 Å². The molecule has 0 aliphatic heterocycles. The molecule has 2 heteroatoms. The minimum atomic E-state index is 0.599. The molecule has 0 bridgehead atoms. The van der Waals surface area contributed by atoms with Crippen LogP contribution >= 0.6 is 23.2 Å². The lowest BCUT2D eigenvalue weighted by Gasteiger charge is -2.03. The number of hydrogen-bond donors (Lipinski definition) is 0. The zero-order valence-electron chi connectivity index (χ0n) is 8.00. The average Bonchev–Trinajstić information content (AvgIpc) is 2.25. The first kappa shape index (κ1) is 10.5. The molecule has 0 aliphatic carbocycles. The van der Waals surface area contributed by atoms with Gasteiger partial charge in [-0.1, -0.05) is 53.5 Å². The average molecular weight is 236 g/mol. The van der Waals surface area contributed by atoms with Crippen LogP contribution in [0.25, 0.3) is 0 Å². The SMILES string of the molecule is Clc1ccc(Cc2cc[c]cc2)cc1Cl. The van der Waals surface area contributed by atoms with Crippen molar-refractivity contribution < 1.29 is 0 Å². The van der Waals surface area contributed by atoms with Crippen LogP contribution in [0.15, 0.2) is 42.5 Å². The molecule has 0 aliphatic rings. The molecule has 0 nitrogen and oxygen atoms in total. The van der Waals surface area contributed by atoms with E-state index in [0.29, 0.717) is 10.0 Å². The first-order valence-corrected chi connectivity index (χ1v) is 5.40. The minimum Gasteiger partial charge on any atom is -0.0827 e. The van der Waals surface area contributed by atoms with Gasteiger partial charge in [-0.3, -0.25) is 0 Å². The number of hydrogen-bond acceptors (Lipinski definition) is 0. The second kappa shape index (κ2) is 4.69. The summed E-state index contributed by atoms with van der Waals surface area (Å²) < 4.78 is 0. The van der Waals surface area contributed by atoms with Crippen molar-refractivity contribution in [2.75, 3.05) is 0 Å². The van der Waals surface area contributed by atoms with Crippen molar-refractivity contribution in [1.29, 1.82) is 0 Å². The maximum Gasteiger partial charge on any atom is 0.0595 e. The second-order valence-electron chi connectivity index (χ2n) is 3.33. The predicted molar refractivity (Wildman–Crippen MR) is 64.5 cm³/mol. The largest absolute Gasteiger partial charge is 0.0827 e. The Bertz CT molecular complexity index is 449.